The third-order valence-corrected chi connectivity index (χ3v) is 1.54. The summed E-state index contributed by atoms with van der Waals surface area (Å²) in [5.74, 6) is -1.95. The Bertz CT molecular complexity index is 253. The van der Waals surface area contributed by atoms with Crippen LogP contribution in [-0.4, -0.2) is 49.2 Å². The van der Waals surface area contributed by atoms with Crippen molar-refractivity contribution in [2.75, 3.05) is 20.2 Å². The van der Waals surface area contributed by atoms with Crippen LogP contribution in [0.15, 0.2) is 0 Å². The Morgan fingerprint density at radius 1 is 1.33 bits per heavy atom. The molecule has 0 aliphatic rings. The van der Waals surface area contributed by atoms with Crippen molar-refractivity contribution in [1.29, 1.82) is 0 Å². The SMILES string of the molecule is COC(CNC(=O)CNC(C)=O)C(=O)O. The summed E-state index contributed by atoms with van der Waals surface area (Å²) in [6.07, 6.45) is -1.08. The molecule has 7 nitrogen and oxygen atoms in total. The van der Waals surface area contributed by atoms with Crippen molar-refractivity contribution in [3.05, 3.63) is 0 Å². The Morgan fingerprint density at radius 2 is 1.93 bits per heavy atom. The van der Waals surface area contributed by atoms with Gasteiger partial charge in [0.25, 0.3) is 0 Å². The van der Waals surface area contributed by atoms with Gasteiger partial charge in [0.1, 0.15) is 0 Å². The monoisotopic (exact) mass is 218 g/mol. The number of nitrogens with one attached hydrogen (secondary N) is 2. The molecule has 15 heavy (non-hydrogen) atoms. The Balaban J connectivity index is 3.78. The van der Waals surface area contributed by atoms with Gasteiger partial charge in [-0.3, -0.25) is 9.59 Å². The predicted molar refractivity (Wildman–Crippen MR) is 50.1 cm³/mol. The number of hydrogen-bond donors (Lipinski definition) is 3. The lowest BCUT2D eigenvalue weighted by Gasteiger charge is -2.11. The summed E-state index contributed by atoms with van der Waals surface area (Å²) in [6.45, 7) is 0.970. The fourth-order valence-electron chi connectivity index (χ4n) is 0.745. The van der Waals surface area contributed by atoms with Gasteiger partial charge in [0.15, 0.2) is 6.10 Å². The molecule has 0 spiro atoms. The summed E-state index contributed by atoms with van der Waals surface area (Å²) in [4.78, 5) is 31.9. The molecular formula is C8H14N2O5. The molecule has 0 radical (unpaired) electrons. The highest BCUT2D eigenvalue weighted by atomic mass is 16.5. The van der Waals surface area contributed by atoms with Gasteiger partial charge in [-0.05, 0) is 0 Å². The van der Waals surface area contributed by atoms with E-state index < -0.39 is 18.0 Å². The zero-order chi connectivity index (χ0) is 11.8. The first-order valence-corrected chi connectivity index (χ1v) is 4.24. The molecule has 0 saturated heterocycles. The van der Waals surface area contributed by atoms with Gasteiger partial charge in [0.05, 0.1) is 13.1 Å². The number of carboxylic acids is 1. The number of aliphatic carboxylic acids is 1. The van der Waals surface area contributed by atoms with Gasteiger partial charge in [-0.2, -0.15) is 0 Å². The van der Waals surface area contributed by atoms with E-state index in [1.54, 1.807) is 0 Å². The maximum absolute atomic E-state index is 11.0. The Kier molecular flexibility index (Phi) is 6.03. The highest BCUT2D eigenvalue weighted by Crippen LogP contribution is 1.87. The van der Waals surface area contributed by atoms with Crippen LogP contribution < -0.4 is 10.6 Å². The van der Waals surface area contributed by atoms with E-state index in [1.807, 2.05) is 0 Å². The average molecular weight is 218 g/mol. The number of methoxy groups -OCH3 is 1. The number of ether oxygens (including phenoxy) is 1. The second kappa shape index (κ2) is 6.77. The van der Waals surface area contributed by atoms with Crippen LogP contribution in [0.2, 0.25) is 0 Å². The highest BCUT2D eigenvalue weighted by molar-refractivity contribution is 5.84. The minimum Gasteiger partial charge on any atom is -0.479 e. The molecule has 0 aromatic heterocycles. The molecule has 2 amide bonds. The topological polar surface area (TPSA) is 105 Å². The highest BCUT2D eigenvalue weighted by Gasteiger charge is 2.16. The molecule has 0 saturated carbocycles. The summed E-state index contributed by atoms with van der Waals surface area (Å²) < 4.78 is 4.59. The molecule has 1 unspecified atom stereocenters. The fourth-order valence-corrected chi connectivity index (χ4v) is 0.745. The summed E-state index contributed by atoms with van der Waals surface area (Å²) in [6, 6.07) is 0. The van der Waals surface area contributed by atoms with Crippen LogP contribution in [0.1, 0.15) is 6.92 Å². The van der Waals surface area contributed by atoms with Crippen LogP contribution in [0, 0.1) is 0 Å². The largest absolute Gasteiger partial charge is 0.479 e. The number of carbonyl (C=O) groups is 3. The number of rotatable bonds is 6. The van der Waals surface area contributed by atoms with Gasteiger partial charge in [-0.25, -0.2) is 4.79 Å². The molecule has 0 rings (SSSR count). The molecule has 0 fully saturated rings. The zero-order valence-corrected chi connectivity index (χ0v) is 8.57. The first kappa shape index (κ1) is 13.4. The standard InChI is InChI=1S/C8H14N2O5/c1-5(11)9-4-7(12)10-3-6(15-2)8(13)14/h6H,3-4H2,1-2H3,(H,9,11)(H,10,12)(H,13,14). The second-order valence-electron chi connectivity index (χ2n) is 2.78. The lowest BCUT2D eigenvalue weighted by molar-refractivity contribution is -0.148. The Morgan fingerprint density at radius 3 is 2.33 bits per heavy atom. The van der Waals surface area contributed by atoms with Crippen molar-refractivity contribution in [3.63, 3.8) is 0 Å². The number of hydrogen-bond acceptors (Lipinski definition) is 4. The molecule has 3 N–H and O–H groups in total. The van der Waals surface area contributed by atoms with Crippen molar-refractivity contribution >= 4 is 17.8 Å². The van der Waals surface area contributed by atoms with Crippen molar-refractivity contribution in [1.82, 2.24) is 10.6 Å². The third-order valence-electron chi connectivity index (χ3n) is 1.54. The van der Waals surface area contributed by atoms with E-state index in [0.29, 0.717) is 0 Å². The zero-order valence-electron chi connectivity index (χ0n) is 8.57. The van der Waals surface area contributed by atoms with Crippen molar-refractivity contribution in [2.45, 2.75) is 13.0 Å². The average Bonchev–Trinajstić information content (AvgIpc) is 2.15. The Labute approximate surface area is 86.8 Å². The molecule has 86 valence electrons. The minimum absolute atomic E-state index is 0.135. The van der Waals surface area contributed by atoms with Crippen molar-refractivity contribution in [3.8, 4) is 0 Å². The summed E-state index contributed by atoms with van der Waals surface area (Å²) in [5, 5.41) is 13.1. The quantitative estimate of drug-likeness (QED) is 0.495. The molecule has 1 atom stereocenters. The van der Waals surface area contributed by atoms with E-state index in [4.69, 9.17) is 5.11 Å². The van der Waals surface area contributed by atoms with E-state index in [2.05, 4.69) is 15.4 Å². The van der Waals surface area contributed by atoms with Gasteiger partial charge in [-0.1, -0.05) is 0 Å². The van der Waals surface area contributed by atoms with Gasteiger partial charge >= 0.3 is 5.97 Å². The molecule has 0 aromatic rings. The lowest BCUT2D eigenvalue weighted by atomic mass is 10.3. The molecule has 0 heterocycles. The van der Waals surface area contributed by atoms with Gasteiger partial charge in [-0.15, -0.1) is 0 Å². The van der Waals surface area contributed by atoms with Gasteiger partial charge < -0.3 is 20.5 Å². The molecule has 0 aliphatic carbocycles. The van der Waals surface area contributed by atoms with Crippen LogP contribution in [0.5, 0.6) is 0 Å². The van der Waals surface area contributed by atoms with E-state index >= 15 is 0 Å². The van der Waals surface area contributed by atoms with Crippen molar-refractivity contribution < 1.29 is 24.2 Å². The summed E-state index contributed by atoms with van der Waals surface area (Å²) in [7, 11) is 1.23. The number of amides is 2. The molecule has 7 heteroatoms. The van der Waals surface area contributed by atoms with E-state index in [9.17, 15) is 14.4 Å². The first-order valence-electron chi connectivity index (χ1n) is 4.24. The van der Waals surface area contributed by atoms with E-state index in [0.717, 1.165) is 0 Å². The smallest absolute Gasteiger partial charge is 0.334 e. The maximum atomic E-state index is 11.0. The number of carbonyl (C=O) groups excluding carboxylic acids is 2. The van der Waals surface area contributed by atoms with Gasteiger partial charge in [0.2, 0.25) is 11.8 Å². The van der Waals surface area contributed by atoms with E-state index in [1.165, 1.54) is 14.0 Å². The summed E-state index contributed by atoms with van der Waals surface area (Å²) >= 11 is 0. The molecule has 0 aromatic carbocycles. The third kappa shape index (κ3) is 6.44. The van der Waals surface area contributed by atoms with Gasteiger partial charge in [0, 0.05) is 14.0 Å². The Hall–Kier alpha value is -1.63. The lowest BCUT2D eigenvalue weighted by Crippen LogP contribution is -2.42. The molecule has 0 aliphatic heterocycles. The first-order chi connectivity index (χ1) is 6.97. The predicted octanol–water partition coefficient (Wildman–Crippen LogP) is -1.66. The minimum atomic E-state index is -1.16. The molecule has 0 bridgehead atoms. The van der Waals surface area contributed by atoms with Crippen LogP contribution >= 0.6 is 0 Å². The normalized spacial score (nSPS) is 11.6. The van der Waals surface area contributed by atoms with Crippen LogP contribution in [-0.2, 0) is 19.1 Å². The van der Waals surface area contributed by atoms with Crippen LogP contribution in [0.25, 0.3) is 0 Å². The molecular weight excluding hydrogens is 204 g/mol. The van der Waals surface area contributed by atoms with E-state index in [-0.39, 0.29) is 19.0 Å². The fraction of sp³-hybridized carbons (Fsp3) is 0.625. The maximum Gasteiger partial charge on any atom is 0.334 e. The second-order valence-corrected chi connectivity index (χ2v) is 2.78. The van der Waals surface area contributed by atoms with Crippen LogP contribution in [0.4, 0.5) is 0 Å². The summed E-state index contributed by atoms with van der Waals surface area (Å²) in [5.41, 5.74) is 0. The van der Waals surface area contributed by atoms with Crippen LogP contribution in [0.3, 0.4) is 0 Å². The number of carboxylic acid groups (broad SMARTS) is 1. The van der Waals surface area contributed by atoms with Crippen molar-refractivity contribution in [2.24, 2.45) is 0 Å².